The molecule has 2 aromatic rings. The smallest absolute Gasteiger partial charge is 0.257 e. The molecule has 0 unspecified atom stereocenters. The molecule has 0 aliphatic carbocycles. The van der Waals surface area contributed by atoms with Crippen LogP contribution in [-0.2, 0) is 0 Å². The Morgan fingerprint density at radius 2 is 1.37 bits per heavy atom. The van der Waals surface area contributed by atoms with Crippen LogP contribution >= 0.6 is 12.4 Å². The van der Waals surface area contributed by atoms with Crippen LogP contribution in [0.15, 0.2) is 54.6 Å². The third-order valence-corrected chi connectivity index (χ3v) is 2.52. The van der Waals surface area contributed by atoms with Crippen molar-refractivity contribution >= 4 is 12.4 Å². The molecule has 5 heteroatoms. The fourth-order valence-corrected chi connectivity index (χ4v) is 1.53. The summed E-state index contributed by atoms with van der Waals surface area (Å²) in [5.41, 5.74) is 5.74. The van der Waals surface area contributed by atoms with Crippen LogP contribution in [0.4, 0.5) is 8.78 Å². The zero-order chi connectivity index (χ0) is 13.0. The van der Waals surface area contributed by atoms with E-state index in [4.69, 9.17) is 10.5 Å². The van der Waals surface area contributed by atoms with E-state index in [0.717, 1.165) is 0 Å². The van der Waals surface area contributed by atoms with E-state index in [1.165, 1.54) is 0 Å². The molecule has 0 spiro atoms. The summed E-state index contributed by atoms with van der Waals surface area (Å²) in [5.74, 6) is 1.29. The van der Waals surface area contributed by atoms with Crippen molar-refractivity contribution < 1.29 is 13.5 Å². The molecule has 19 heavy (non-hydrogen) atoms. The van der Waals surface area contributed by atoms with E-state index in [-0.39, 0.29) is 12.4 Å². The normalized spacial score (nSPS) is 11.8. The highest BCUT2D eigenvalue weighted by Crippen LogP contribution is 2.24. The first-order valence-electron chi connectivity index (χ1n) is 5.53. The molecular weight excluding hydrogens is 272 g/mol. The number of halogens is 3. The first-order chi connectivity index (χ1) is 8.66. The van der Waals surface area contributed by atoms with Crippen LogP contribution in [0.3, 0.4) is 0 Å². The van der Waals surface area contributed by atoms with Gasteiger partial charge >= 0.3 is 0 Å². The summed E-state index contributed by atoms with van der Waals surface area (Å²) in [5, 5.41) is 0. The van der Waals surface area contributed by atoms with Gasteiger partial charge in [-0.05, 0) is 29.8 Å². The van der Waals surface area contributed by atoms with Gasteiger partial charge in [-0.1, -0.05) is 30.3 Å². The Bertz CT molecular complexity index is 491. The summed E-state index contributed by atoms with van der Waals surface area (Å²) in [6.07, 6.45) is -2.56. The fourth-order valence-electron chi connectivity index (χ4n) is 1.53. The molecule has 2 N–H and O–H groups in total. The maximum Gasteiger partial charge on any atom is 0.257 e. The maximum absolute atomic E-state index is 12.4. The SMILES string of the molecule is Cl.N[C@H](c1ccc(Oc2ccccc2)cc1)C(F)F. The average molecular weight is 286 g/mol. The number of ether oxygens (including phenoxy) is 1. The number of hydrogen-bond acceptors (Lipinski definition) is 2. The minimum atomic E-state index is -2.56. The van der Waals surface area contributed by atoms with Crippen molar-refractivity contribution in [2.75, 3.05) is 0 Å². The van der Waals surface area contributed by atoms with Crippen molar-refractivity contribution in [3.05, 3.63) is 60.2 Å². The van der Waals surface area contributed by atoms with Gasteiger partial charge in [0.1, 0.15) is 11.5 Å². The molecule has 0 saturated heterocycles. The highest BCUT2D eigenvalue weighted by molar-refractivity contribution is 5.85. The van der Waals surface area contributed by atoms with E-state index in [1.54, 1.807) is 24.3 Å². The highest BCUT2D eigenvalue weighted by atomic mass is 35.5. The van der Waals surface area contributed by atoms with Crippen LogP contribution in [0.25, 0.3) is 0 Å². The van der Waals surface area contributed by atoms with Crippen LogP contribution in [0.1, 0.15) is 11.6 Å². The zero-order valence-electron chi connectivity index (χ0n) is 10.0. The lowest BCUT2D eigenvalue weighted by Crippen LogP contribution is -2.18. The average Bonchev–Trinajstić information content (AvgIpc) is 2.40. The minimum Gasteiger partial charge on any atom is -0.457 e. The molecule has 0 aromatic heterocycles. The van der Waals surface area contributed by atoms with Crippen LogP contribution in [0.2, 0.25) is 0 Å². The summed E-state index contributed by atoms with van der Waals surface area (Å²) in [6, 6.07) is 14.3. The van der Waals surface area contributed by atoms with Gasteiger partial charge in [-0.25, -0.2) is 8.78 Å². The van der Waals surface area contributed by atoms with E-state index in [1.807, 2.05) is 30.3 Å². The van der Waals surface area contributed by atoms with Crippen molar-refractivity contribution in [2.24, 2.45) is 5.73 Å². The molecule has 0 bridgehead atoms. The van der Waals surface area contributed by atoms with Crippen molar-refractivity contribution in [2.45, 2.75) is 12.5 Å². The lowest BCUT2D eigenvalue weighted by Gasteiger charge is -2.11. The van der Waals surface area contributed by atoms with Crippen molar-refractivity contribution in [3.8, 4) is 11.5 Å². The van der Waals surface area contributed by atoms with Gasteiger partial charge in [0, 0.05) is 0 Å². The van der Waals surface area contributed by atoms with E-state index < -0.39 is 12.5 Å². The molecule has 0 aliphatic heterocycles. The first-order valence-corrected chi connectivity index (χ1v) is 5.53. The molecular formula is C14H14ClF2NO. The number of nitrogens with two attached hydrogens (primary N) is 1. The maximum atomic E-state index is 12.4. The Morgan fingerprint density at radius 1 is 0.842 bits per heavy atom. The Kier molecular flexibility index (Phi) is 5.73. The molecule has 0 radical (unpaired) electrons. The number of alkyl halides is 2. The van der Waals surface area contributed by atoms with Gasteiger partial charge in [-0.3, -0.25) is 0 Å². The van der Waals surface area contributed by atoms with E-state index >= 15 is 0 Å². The van der Waals surface area contributed by atoms with Crippen LogP contribution < -0.4 is 10.5 Å². The predicted molar refractivity (Wildman–Crippen MR) is 73.1 cm³/mol. The quantitative estimate of drug-likeness (QED) is 0.915. The molecule has 0 aliphatic rings. The van der Waals surface area contributed by atoms with Crippen LogP contribution in [-0.4, -0.2) is 6.43 Å². The van der Waals surface area contributed by atoms with Gasteiger partial charge in [0.15, 0.2) is 0 Å². The number of hydrogen-bond donors (Lipinski definition) is 1. The molecule has 0 heterocycles. The number of para-hydroxylation sites is 1. The van der Waals surface area contributed by atoms with Crippen molar-refractivity contribution in [1.82, 2.24) is 0 Å². The third kappa shape index (κ3) is 4.19. The molecule has 102 valence electrons. The molecule has 0 saturated carbocycles. The number of benzene rings is 2. The summed E-state index contributed by atoms with van der Waals surface area (Å²) < 4.78 is 30.4. The topological polar surface area (TPSA) is 35.2 Å². The van der Waals surface area contributed by atoms with E-state index in [2.05, 4.69) is 0 Å². The van der Waals surface area contributed by atoms with Crippen molar-refractivity contribution in [3.63, 3.8) is 0 Å². The zero-order valence-corrected chi connectivity index (χ0v) is 10.8. The number of rotatable bonds is 4. The summed E-state index contributed by atoms with van der Waals surface area (Å²) in [6.45, 7) is 0. The second-order valence-electron chi connectivity index (χ2n) is 3.84. The lowest BCUT2D eigenvalue weighted by molar-refractivity contribution is 0.116. The summed E-state index contributed by atoms with van der Waals surface area (Å²) >= 11 is 0. The monoisotopic (exact) mass is 285 g/mol. The standard InChI is InChI=1S/C14H13F2NO.ClH/c15-14(16)13(17)10-6-8-12(9-7-10)18-11-4-2-1-3-5-11;/h1-9,13-14H,17H2;1H/t13-;/m1./s1. The van der Waals surface area contributed by atoms with Crippen LogP contribution in [0.5, 0.6) is 11.5 Å². The minimum absolute atomic E-state index is 0. The first kappa shape index (κ1) is 15.4. The van der Waals surface area contributed by atoms with Gasteiger partial charge in [0.2, 0.25) is 0 Å². The third-order valence-electron chi connectivity index (χ3n) is 2.52. The second-order valence-corrected chi connectivity index (χ2v) is 3.84. The van der Waals surface area contributed by atoms with Gasteiger partial charge in [-0.15, -0.1) is 12.4 Å². The largest absolute Gasteiger partial charge is 0.457 e. The molecule has 2 nitrogen and oxygen atoms in total. The Labute approximate surface area is 116 Å². The Balaban J connectivity index is 0.00000180. The van der Waals surface area contributed by atoms with Gasteiger partial charge in [0.25, 0.3) is 6.43 Å². The Hall–Kier alpha value is -1.65. The van der Waals surface area contributed by atoms with Gasteiger partial charge < -0.3 is 10.5 Å². The summed E-state index contributed by atoms with van der Waals surface area (Å²) in [4.78, 5) is 0. The predicted octanol–water partition coefficient (Wildman–Crippen LogP) is 4.17. The lowest BCUT2D eigenvalue weighted by atomic mass is 10.1. The molecule has 0 amide bonds. The molecule has 2 rings (SSSR count). The fraction of sp³-hybridized carbons (Fsp3) is 0.143. The molecule has 2 aromatic carbocycles. The summed E-state index contributed by atoms with van der Waals surface area (Å²) in [7, 11) is 0. The Morgan fingerprint density at radius 3 is 1.89 bits per heavy atom. The van der Waals surface area contributed by atoms with Crippen molar-refractivity contribution in [1.29, 1.82) is 0 Å². The van der Waals surface area contributed by atoms with Gasteiger partial charge in [0.05, 0.1) is 6.04 Å². The highest BCUT2D eigenvalue weighted by Gasteiger charge is 2.17. The van der Waals surface area contributed by atoms with Crippen LogP contribution in [0, 0.1) is 0 Å². The molecule has 1 atom stereocenters. The molecule has 0 fully saturated rings. The van der Waals surface area contributed by atoms with E-state index in [0.29, 0.717) is 17.1 Å². The van der Waals surface area contributed by atoms with E-state index in [9.17, 15) is 8.78 Å². The second kappa shape index (κ2) is 7.07. The van der Waals surface area contributed by atoms with Gasteiger partial charge in [-0.2, -0.15) is 0 Å².